The second kappa shape index (κ2) is 9.32. The van der Waals surface area contributed by atoms with E-state index in [4.69, 9.17) is 16.0 Å². The maximum atomic E-state index is 12.2. The lowest BCUT2D eigenvalue weighted by molar-refractivity contribution is -0.118. The van der Waals surface area contributed by atoms with E-state index in [1.807, 2.05) is 36.4 Å². The summed E-state index contributed by atoms with van der Waals surface area (Å²) in [7, 11) is 0. The van der Waals surface area contributed by atoms with Crippen molar-refractivity contribution in [3.8, 4) is 0 Å². The number of carbonyl (C=O) groups excluding carboxylic acids is 1. The number of hydrogen-bond donors (Lipinski definition) is 1. The van der Waals surface area contributed by atoms with Gasteiger partial charge < -0.3 is 9.73 Å². The SMILES string of the molecule is O=C(CSCc1ccc(Cl)cc1)NCC(c1ccco1)N1CCCC1. The molecule has 0 aliphatic carbocycles. The van der Waals surface area contributed by atoms with Crippen LogP contribution in [-0.2, 0) is 10.5 Å². The van der Waals surface area contributed by atoms with E-state index in [0.29, 0.717) is 12.3 Å². The Balaban J connectivity index is 1.44. The third-order valence-electron chi connectivity index (χ3n) is 4.36. The van der Waals surface area contributed by atoms with Crippen LogP contribution < -0.4 is 5.32 Å². The summed E-state index contributed by atoms with van der Waals surface area (Å²) in [5, 5.41) is 3.79. The molecule has 6 heteroatoms. The number of carbonyl (C=O) groups is 1. The van der Waals surface area contributed by atoms with E-state index in [2.05, 4.69) is 10.2 Å². The first-order valence-corrected chi connectivity index (χ1v) is 10.1. The molecule has 3 rings (SSSR count). The van der Waals surface area contributed by atoms with Crippen molar-refractivity contribution >= 4 is 29.3 Å². The highest BCUT2D eigenvalue weighted by Crippen LogP contribution is 2.25. The fourth-order valence-electron chi connectivity index (χ4n) is 3.05. The monoisotopic (exact) mass is 378 g/mol. The molecule has 1 aromatic carbocycles. The maximum Gasteiger partial charge on any atom is 0.230 e. The normalized spacial score (nSPS) is 16.0. The molecule has 134 valence electrons. The molecule has 2 aromatic rings. The molecule has 1 aliphatic rings. The Hall–Kier alpha value is -1.43. The Morgan fingerprint density at radius 2 is 2.00 bits per heavy atom. The van der Waals surface area contributed by atoms with E-state index in [1.165, 1.54) is 18.4 Å². The summed E-state index contributed by atoms with van der Waals surface area (Å²) in [5.74, 6) is 2.25. The standard InChI is InChI=1S/C19H23ClN2O2S/c20-16-7-5-15(6-8-16)13-25-14-19(23)21-12-17(18-4-3-11-24-18)22-9-1-2-10-22/h3-8,11,17H,1-2,9-10,12-14H2,(H,21,23). The van der Waals surface area contributed by atoms with Gasteiger partial charge >= 0.3 is 0 Å². The summed E-state index contributed by atoms with van der Waals surface area (Å²) in [5.41, 5.74) is 1.17. The predicted molar refractivity (Wildman–Crippen MR) is 103 cm³/mol. The molecule has 1 saturated heterocycles. The van der Waals surface area contributed by atoms with Gasteiger partial charge in [0.15, 0.2) is 0 Å². The fraction of sp³-hybridized carbons (Fsp3) is 0.421. The van der Waals surface area contributed by atoms with Crippen LogP contribution in [0.1, 0.15) is 30.2 Å². The molecule has 1 unspecified atom stereocenters. The molecule has 4 nitrogen and oxygen atoms in total. The fourth-order valence-corrected chi connectivity index (χ4v) is 3.99. The van der Waals surface area contributed by atoms with E-state index in [0.717, 1.165) is 29.6 Å². The summed E-state index contributed by atoms with van der Waals surface area (Å²) >= 11 is 7.49. The second-order valence-corrected chi connectivity index (χ2v) is 7.62. The molecule has 0 bridgehead atoms. The Morgan fingerprint density at radius 3 is 2.68 bits per heavy atom. The molecule has 0 saturated carbocycles. The van der Waals surface area contributed by atoms with Crippen LogP contribution in [0.25, 0.3) is 0 Å². The first-order chi connectivity index (χ1) is 12.2. The largest absolute Gasteiger partial charge is 0.468 e. The first-order valence-electron chi connectivity index (χ1n) is 8.59. The zero-order chi connectivity index (χ0) is 17.5. The van der Waals surface area contributed by atoms with Crippen molar-refractivity contribution in [2.24, 2.45) is 0 Å². The third-order valence-corrected chi connectivity index (χ3v) is 5.62. The molecular formula is C19H23ClN2O2S. The van der Waals surface area contributed by atoms with Crippen LogP contribution in [0.15, 0.2) is 47.1 Å². The minimum atomic E-state index is 0.0646. The third kappa shape index (κ3) is 5.53. The van der Waals surface area contributed by atoms with Gasteiger partial charge in [-0.1, -0.05) is 23.7 Å². The van der Waals surface area contributed by atoms with Crippen molar-refractivity contribution in [2.45, 2.75) is 24.6 Å². The van der Waals surface area contributed by atoms with Crippen molar-refractivity contribution in [1.82, 2.24) is 10.2 Å². The molecule has 1 atom stereocenters. The number of rotatable bonds is 8. The highest BCUT2D eigenvalue weighted by atomic mass is 35.5. The highest BCUT2D eigenvalue weighted by molar-refractivity contribution is 7.99. The highest BCUT2D eigenvalue weighted by Gasteiger charge is 2.25. The summed E-state index contributed by atoms with van der Waals surface area (Å²) in [4.78, 5) is 14.6. The van der Waals surface area contributed by atoms with Gasteiger partial charge in [0.2, 0.25) is 5.91 Å². The molecule has 0 spiro atoms. The van der Waals surface area contributed by atoms with Gasteiger partial charge in [-0.15, -0.1) is 11.8 Å². The second-order valence-electron chi connectivity index (χ2n) is 6.20. The molecule has 25 heavy (non-hydrogen) atoms. The van der Waals surface area contributed by atoms with Gasteiger partial charge in [0.25, 0.3) is 0 Å². The van der Waals surface area contributed by atoms with Crippen molar-refractivity contribution in [1.29, 1.82) is 0 Å². The zero-order valence-corrected chi connectivity index (χ0v) is 15.7. The Bertz CT molecular complexity index is 655. The Morgan fingerprint density at radius 1 is 1.24 bits per heavy atom. The molecular weight excluding hydrogens is 356 g/mol. The van der Waals surface area contributed by atoms with E-state index in [1.54, 1.807) is 18.0 Å². The van der Waals surface area contributed by atoms with Gasteiger partial charge in [0, 0.05) is 17.3 Å². The number of likely N-dealkylation sites (tertiary alicyclic amines) is 1. The van der Waals surface area contributed by atoms with Crippen molar-refractivity contribution in [3.63, 3.8) is 0 Å². The molecule has 1 amide bonds. The molecule has 1 fully saturated rings. The number of nitrogens with one attached hydrogen (secondary N) is 1. The van der Waals surface area contributed by atoms with Gasteiger partial charge in [-0.2, -0.15) is 0 Å². The topological polar surface area (TPSA) is 45.5 Å². The van der Waals surface area contributed by atoms with Crippen LogP contribution in [0.5, 0.6) is 0 Å². The quantitative estimate of drug-likeness (QED) is 0.750. The Labute approximate surface area is 157 Å². The zero-order valence-electron chi connectivity index (χ0n) is 14.1. The average Bonchev–Trinajstić information content (AvgIpc) is 3.31. The number of halogens is 1. The van der Waals surface area contributed by atoms with Crippen LogP contribution >= 0.6 is 23.4 Å². The first kappa shape index (κ1) is 18.4. The van der Waals surface area contributed by atoms with Gasteiger partial charge in [-0.25, -0.2) is 0 Å². The summed E-state index contributed by atoms with van der Waals surface area (Å²) in [6.45, 7) is 2.72. The summed E-state index contributed by atoms with van der Waals surface area (Å²) in [6.07, 6.45) is 4.12. The number of nitrogens with zero attached hydrogens (tertiary/aromatic N) is 1. The molecule has 2 heterocycles. The van der Waals surface area contributed by atoms with Crippen molar-refractivity contribution < 1.29 is 9.21 Å². The minimum absolute atomic E-state index is 0.0646. The van der Waals surface area contributed by atoms with E-state index in [-0.39, 0.29) is 11.9 Å². The van der Waals surface area contributed by atoms with Crippen LogP contribution in [-0.4, -0.2) is 36.2 Å². The summed E-state index contributed by atoms with van der Waals surface area (Å²) < 4.78 is 5.58. The lowest BCUT2D eigenvalue weighted by atomic mass is 10.2. The van der Waals surface area contributed by atoms with Crippen LogP contribution in [0, 0.1) is 0 Å². The maximum absolute atomic E-state index is 12.2. The van der Waals surface area contributed by atoms with E-state index in [9.17, 15) is 4.79 Å². The molecule has 1 aromatic heterocycles. The number of hydrogen-bond acceptors (Lipinski definition) is 4. The molecule has 1 N–H and O–H groups in total. The minimum Gasteiger partial charge on any atom is -0.468 e. The van der Waals surface area contributed by atoms with E-state index >= 15 is 0 Å². The number of furan rings is 1. The van der Waals surface area contributed by atoms with Crippen molar-refractivity contribution in [3.05, 3.63) is 59.0 Å². The van der Waals surface area contributed by atoms with Crippen molar-refractivity contribution in [2.75, 3.05) is 25.4 Å². The van der Waals surface area contributed by atoms with Gasteiger partial charge in [-0.05, 0) is 55.8 Å². The summed E-state index contributed by atoms with van der Waals surface area (Å²) in [6, 6.07) is 11.8. The molecule has 1 aliphatic heterocycles. The molecule has 0 radical (unpaired) electrons. The van der Waals surface area contributed by atoms with Crippen LogP contribution in [0.2, 0.25) is 5.02 Å². The van der Waals surface area contributed by atoms with Crippen LogP contribution in [0.3, 0.4) is 0 Å². The van der Waals surface area contributed by atoms with Gasteiger partial charge in [-0.3, -0.25) is 9.69 Å². The number of amides is 1. The average molecular weight is 379 g/mol. The lowest BCUT2D eigenvalue weighted by Gasteiger charge is -2.26. The Kier molecular flexibility index (Phi) is 6.84. The number of benzene rings is 1. The predicted octanol–water partition coefficient (Wildman–Crippen LogP) is 4.12. The lowest BCUT2D eigenvalue weighted by Crippen LogP contribution is -2.37. The van der Waals surface area contributed by atoms with Gasteiger partial charge in [0.05, 0.1) is 18.1 Å². The van der Waals surface area contributed by atoms with Crippen LogP contribution in [0.4, 0.5) is 0 Å². The van der Waals surface area contributed by atoms with E-state index < -0.39 is 0 Å². The number of thioether (sulfide) groups is 1. The van der Waals surface area contributed by atoms with Gasteiger partial charge in [0.1, 0.15) is 5.76 Å². The smallest absolute Gasteiger partial charge is 0.230 e.